The van der Waals surface area contributed by atoms with E-state index in [1.54, 1.807) is 7.05 Å². The zero-order valence-corrected chi connectivity index (χ0v) is 17.9. The van der Waals surface area contributed by atoms with Crippen molar-refractivity contribution >= 4 is 11.9 Å². The Morgan fingerprint density at radius 1 is 1.21 bits per heavy atom. The van der Waals surface area contributed by atoms with Gasteiger partial charge >= 0.3 is 0 Å². The lowest BCUT2D eigenvalue weighted by Crippen LogP contribution is -2.42. The molecule has 1 heterocycles. The van der Waals surface area contributed by atoms with Gasteiger partial charge in [0.2, 0.25) is 0 Å². The van der Waals surface area contributed by atoms with Crippen LogP contribution in [0.4, 0.5) is 0 Å². The van der Waals surface area contributed by atoms with E-state index in [0.29, 0.717) is 17.5 Å². The third-order valence-corrected chi connectivity index (χ3v) is 5.28. The average molecular weight is 388 g/mol. The third-order valence-electron chi connectivity index (χ3n) is 5.28. The number of nitrogens with zero attached hydrogens (tertiary/aromatic N) is 2. The second-order valence-corrected chi connectivity index (χ2v) is 7.73. The maximum Gasteiger partial charge on any atom is 0.251 e. The van der Waals surface area contributed by atoms with E-state index in [1.165, 1.54) is 25.9 Å². The van der Waals surface area contributed by atoms with Gasteiger partial charge in [0.05, 0.1) is 6.54 Å². The molecule has 1 unspecified atom stereocenters. The number of likely N-dealkylation sites (tertiary alicyclic amines) is 1. The third kappa shape index (κ3) is 6.82. The van der Waals surface area contributed by atoms with E-state index < -0.39 is 0 Å². The minimum Gasteiger partial charge on any atom is -0.357 e. The Labute approximate surface area is 170 Å². The van der Waals surface area contributed by atoms with Gasteiger partial charge in [0.25, 0.3) is 5.91 Å². The number of rotatable bonds is 9. The van der Waals surface area contributed by atoms with Crippen molar-refractivity contribution in [2.45, 2.75) is 46.1 Å². The van der Waals surface area contributed by atoms with E-state index >= 15 is 0 Å². The van der Waals surface area contributed by atoms with Crippen molar-refractivity contribution in [3.8, 4) is 0 Å². The highest BCUT2D eigenvalue weighted by molar-refractivity contribution is 5.94. The molecule has 1 aromatic rings. The van der Waals surface area contributed by atoms with Gasteiger partial charge in [-0.2, -0.15) is 0 Å². The molecule has 1 aliphatic heterocycles. The van der Waals surface area contributed by atoms with Crippen LogP contribution in [-0.2, 0) is 6.42 Å². The van der Waals surface area contributed by atoms with Crippen LogP contribution >= 0.6 is 0 Å². The molecule has 1 fully saturated rings. The quantitative estimate of drug-likeness (QED) is 0.449. The van der Waals surface area contributed by atoms with Gasteiger partial charge in [-0.1, -0.05) is 26.0 Å². The second kappa shape index (κ2) is 11.7. The van der Waals surface area contributed by atoms with Gasteiger partial charge in [-0.15, -0.1) is 0 Å². The highest BCUT2D eigenvalue weighted by atomic mass is 16.1. The molecule has 0 saturated carbocycles. The molecule has 1 aromatic carbocycles. The number of aliphatic imine (C=N–C) groups is 1. The highest BCUT2D eigenvalue weighted by Gasteiger charge is 2.24. The topological polar surface area (TPSA) is 68.8 Å². The Morgan fingerprint density at radius 2 is 1.96 bits per heavy atom. The van der Waals surface area contributed by atoms with Gasteiger partial charge in [-0.25, -0.2) is 0 Å². The van der Waals surface area contributed by atoms with Crippen LogP contribution in [0.15, 0.2) is 29.3 Å². The first-order valence-electron chi connectivity index (χ1n) is 10.6. The number of amides is 1. The van der Waals surface area contributed by atoms with Gasteiger partial charge in [-0.3, -0.25) is 14.7 Å². The Hall–Kier alpha value is -2.08. The monoisotopic (exact) mass is 387 g/mol. The number of nitrogens with one attached hydrogen (secondary N) is 3. The molecule has 28 heavy (non-hydrogen) atoms. The summed E-state index contributed by atoms with van der Waals surface area (Å²) in [4.78, 5) is 19.2. The summed E-state index contributed by atoms with van der Waals surface area (Å²) in [6.07, 6.45) is 3.45. The summed E-state index contributed by atoms with van der Waals surface area (Å²) in [5.74, 6) is 1.42. The summed E-state index contributed by atoms with van der Waals surface area (Å²) in [5, 5.41) is 9.46. The largest absolute Gasteiger partial charge is 0.357 e. The molecule has 1 saturated heterocycles. The summed E-state index contributed by atoms with van der Waals surface area (Å²) >= 11 is 0. The fourth-order valence-corrected chi connectivity index (χ4v) is 3.69. The van der Waals surface area contributed by atoms with E-state index in [1.807, 2.05) is 18.2 Å². The van der Waals surface area contributed by atoms with Crippen LogP contribution < -0.4 is 16.0 Å². The molecule has 2 rings (SSSR count). The van der Waals surface area contributed by atoms with E-state index in [4.69, 9.17) is 4.99 Å². The van der Waals surface area contributed by atoms with E-state index in [9.17, 15) is 4.79 Å². The molecule has 3 N–H and O–H groups in total. The van der Waals surface area contributed by atoms with Crippen LogP contribution in [0.5, 0.6) is 0 Å². The zero-order valence-electron chi connectivity index (χ0n) is 17.9. The van der Waals surface area contributed by atoms with Crippen molar-refractivity contribution in [1.29, 1.82) is 0 Å². The fourth-order valence-electron chi connectivity index (χ4n) is 3.69. The maximum absolute atomic E-state index is 11.8. The maximum atomic E-state index is 11.8. The molecule has 6 heteroatoms. The summed E-state index contributed by atoms with van der Waals surface area (Å²) in [6, 6.07) is 8.28. The van der Waals surface area contributed by atoms with Crippen LogP contribution in [0.2, 0.25) is 0 Å². The first-order valence-corrected chi connectivity index (χ1v) is 10.6. The van der Waals surface area contributed by atoms with Gasteiger partial charge in [-0.05, 0) is 62.9 Å². The molecular formula is C22H37N5O. The normalized spacial score (nSPS) is 16.2. The Balaban J connectivity index is 1.91. The van der Waals surface area contributed by atoms with Crippen LogP contribution in [-0.4, -0.2) is 62.6 Å². The summed E-state index contributed by atoms with van der Waals surface area (Å²) in [7, 11) is 1.66. The summed E-state index contributed by atoms with van der Waals surface area (Å²) in [5.41, 5.74) is 1.84. The van der Waals surface area contributed by atoms with Crippen LogP contribution in [0, 0.1) is 5.92 Å². The van der Waals surface area contributed by atoms with Gasteiger partial charge in [0.1, 0.15) is 0 Å². The van der Waals surface area contributed by atoms with E-state index in [-0.39, 0.29) is 5.91 Å². The number of carbonyl (C=O) groups is 1. The molecule has 1 amide bonds. The van der Waals surface area contributed by atoms with E-state index in [0.717, 1.165) is 37.6 Å². The fraction of sp³-hybridized carbons (Fsp3) is 0.636. The number of carbonyl (C=O) groups excluding carboxylic acids is 1. The van der Waals surface area contributed by atoms with Gasteiger partial charge < -0.3 is 16.0 Å². The SMILES string of the molecule is CCNC(=NCC(C(C)C)N1CCCC1)NCCc1cccc(C(=O)NC)c1. The molecule has 6 nitrogen and oxygen atoms in total. The smallest absolute Gasteiger partial charge is 0.251 e. The van der Waals surface area contributed by atoms with Crippen LogP contribution in [0.25, 0.3) is 0 Å². The Morgan fingerprint density at radius 3 is 2.61 bits per heavy atom. The molecule has 1 aliphatic rings. The Kier molecular flexibility index (Phi) is 9.28. The number of benzene rings is 1. The van der Waals surface area contributed by atoms with Crippen molar-refractivity contribution < 1.29 is 4.79 Å². The molecule has 0 spiro atoms. The Bertz CT molecular complexity index is 638. The molecule has 0 aromatic heterocycles. The van der Waals surface area contributed by atoms with Crippen molar-refractivity contribution in [1.82, 2.24) is 20.9 Å². The second-order valence-electron chi connectivity index (χ2n) is 7.73. The predicted molar refractivity (Wildman–Crippen MR) is 117 cm³/mol. The zero-order chi connectivity index (χ0) is 20.4. The first kappa shape index (κ1) is 22.2. The van der Waals surface area contributed by atoms with E-state index in [2.05, 4.69) is 47.7 Å². The molecule has 156 valence electrons. The van der Waals surface area contributed by atoms with Crippen molar-refractivity contribution in [3.63, 3.8) is 0 Å². The van der Waals surface area contributed by atoms with Crippen molar-refractivity contribution in [2.75, 3.05) is 39.8 Å². The lowest BCUT2D eigenvalue weighted by Gasteiger charge is -2.29. The first-order chi connectivity index (χ1) is 13.5. The minimum absolute atomic E-state index is 0.0497. The highest BCUT2D eigenvalue weighted by Crippen LogP contribution is 2.18. The molecule has 0 bridgehead atoms. The predicted octanol–water partition coefficient (Wildman–Crippen LogP) is 2.26. The molecule has 0 radical (unpaired) electrons. The van der Waals surface area contributed by atoms with Crippen LogP contribution in [0.3, 0.4) is 0 Å². The summed E-state index contributed by atoms with van der Waals surface area (Å²) in [6.45, 7) is 11.5. The molecule has 0 aliphatic carbocycles. The average Bonchev–Trinajstić information content (AvgIpc) is 3.22. The minimum atomic E-state index is -0.0497. The lowest BCUT2D eigenvalue weighted by atomic mass is 10.0. The van der Waals surface area contributed by atoms with Crippen molar-refractivity contribution in [2.24, 2.45) is 10.9 Å². The van der Waals surface area contributed by atoms with Gasteiger partial charge in [0, 0.05) is 31.7 Å². The molecular weight excluding hydrogens is 350 g/mol. The number of guanidine groups is 1. The lowest BCUT2D eigenvalue weighted by molar-refractivity contribution is 0.0963. The number of hydrogen-bond acceptors (Lipinski definition) is 3. The number of hydrogen-bond donors (Lipinski definition) is 3. The van der Waals surface area contributed by atoms with Crippen LogP contribution in [0.1, 0.15) is 49.5 Å². The van der Waals surface area contributed by atoms with Crippen molar-refractivity contribution in [3.05, 3.63) is 35.4 Å². The standard InChI is InChI=1S/C22H37N5O/c1-5-24-22(26-16-20(17(2)3)27-13-6-7-14-27)25-12-11-18-9-8-10-19(15-18)21(28)23-4/h8-10,15,17,20H,5-7,11-14,16H2,1-4H3,(H,23,28)(H2,24,25,26). The van der Waals surface area contributed by atoms with Gasteiger partial charge in [0.15, 0.2) is 5.96 Å². The molecule has 1 atom stereocenters. The summed E-state index contributed by atoms with van der Waals surface area (Å²) < 4.78 is 0.